The molecule has 5 heteroatoms. The number of rotatable bonds is 4. The van der Waals surface area contributed by atoms with Crippen LogP contribution in [-0.2, 0) is 4.74 Å². The highest BCUT2D eigenvalue weighted by molar-refractivity contribution is 5.96. The minimum Gasteiger partial charge on any atom is -0.462 e. The molecule has 1 aliphatic carbocycles. The fourth-order valence-corrected chi connectivity index (χ4v) is 2.52. The number of ether oxygens (including phenoxy) is 1. The van der Waals surface area contributed by atoms with Crippen molar-refractivity contribution in [3.63, 3.8) is 0 Å². The van der Waals surface area contributed by atoms with E-state index in [1.165, 1.54) is 12.8 Å². The van der Waals surface area contributed by atoms with Gasteiger partial charge in [-0.2, -0.15) is 0 Å². The maximum Gasteiger partial charge on any atom is 0.340 e. The van der Waals surface area contributed by atoms with Crippen LogP contribution in [-0.4, -0.2) is 23.6 Å². The van der Waals surface area contributed by atoms with Crippen molar-refractivity contribution in [2.24, 2.45) is 5.92 Å². The van der Waals surface area contributed by atoms with E-state index in [1.54, 1.807) is 19.2 Å². The molecule has 19 heavy (non-hydrogen) atoms. The highest BCUT2D eigenvalue weighted by Crippen LogP contribution is 2.29. The first-order valence-electron chi connectivity index (χ1n) is 6.81. The minimum absolute atomic E-state index is 0.327. The number of carbonyl (C=O) groups excluding carboxylic acids is 1. The van der Waals surface area contributed by atoms with Crippen molar-refractivity contribution in [1.29, 1.82) is 0 Å². The van der Waals surface area contributed by atoms with E-state index in [-0.39, 0.29) is 5.97 Å². The summed E-state index contributed by atoms with van der Waals surface area (Å²) in [6.07, 6.45) is 5.17. The Balaban J connectivity index is 2.21. The van der Waals surface area contributed by atoms with Gasteiger partial charge in [0.25, 0.3) is 0 Å². The molecule has 1 aromatic heterocycles. The van der Waals surface area contributed by atoms with Gasteiger partial charge in [-0.15, -0.1) is 0 Å². The summed E-state index contributed by atoms with van der Waals surface area (Å²) < 4.78 is 5.05. The zero-order chi connectivity index (χ0) is 13.8. The molecule has 0 bridgehead atoms. The number of aromatic nitrogens is 1. The van der Waals surface area contributed by atoms with Crippen molar-refractivity contribution in [1.82, 2.24) is 4.98 Å². The molecule has 1 aromatic rings. The Morgan fingerprint density at radius 2 is 2.37 bits per heavy atom. The maximum absolute atomic E-state index is 11.9. The molecule has 0 amide bonds. The summed E-state index contributed by atoms with van der Waals surface area (Å²) in [4.78, 5) is 16.0. The molecule has 1 saturated carbocycles. The molecule has 1 heterocycles. The van der Waals surface area contributed by atoms with Gasteiger partial charge >= 0.3 is 5.97 Å². The van der Waals surface area contributed by atoms with Gasteiger partial charge in [-0.05, 0) is 31.7 Å². The van der Waals surface area contributed by atoms with Crippen LogP contribution in [0.15, 0.2) is 12.3 Å². The van der Waals surface area contributed by atoms with Crippen LogP contribution in [0.1, 0.15) is 43.5 Å². The number of carbonyl (C=O) groups is 1. The smallest absolute Gasteiger partial charge is 0.340 e. The molecular formula is C14H21N3O2. The van der Waals surface area contributed by atoms with Gasteiger partial charge in [0.05, 0.1) is 24.1 Å². The van der Waals surface area contributed by atoms with Crippen molar-refractivity contribution in [2.75, 3.05) is 17.7 Å². The van der Waals surface area contributed by atoms with E-state index >= 15 is 0 Å². The van der Waals surface area contributed by atoms with E-state index in [0.29, 0.717) is 35.6 Å². The van der Waals surface area contributed by atoms with Gasteiger partial charge in [0.15, 0.2) is 0 Å². The van der Waals surface area contributed by atoms with E-state index in [1.807, 2.05) is 0 Å². The molecule has 0 radical (unpaired) electrons. The molecule has 0 saturated heterocycles. The molecule has 0 spiro atoms. The van der Waals surface area contributed by atoms with Crippen LogP contribution in [0, 0.1) is 5.92 Å². The first-order chi connectivity index (χ1) is 9.11. The molecule has 5 nitrogen and oxygen atoms in total. The summed E-state index contributed by atoms with van der Waals surface area (Å²) >= 11 is 0. The van der Waals surface area contributed by atoms with Crippen molar-refractivity contribution in [2.45, 2.75) is 39.2 Å². The fraction of sp³-hybridized carbons (Fsp3) is 0.571. The summed E-state index contributed by atoms with van der Waals surface area (Å²) in [5, 5.41) is 3.41. The van der Waals surface area contributed by atoms with Gasteiger partial charge < -0.3 is 15.8 Å². The number of hydrogen-bond donors (Lipinski definition) is 2. The molecular weight excluding hydrogens is 242 g/mol. The van der Waals surface area contributed by atoms with E-state index < -0.39 is 0 Å². The largest absolute Gasteiger partial charge is 0.462 e. The second kappa shape index (κ2) is 5.91. The quantitative estimate of drug-likeness (QED) is 0.816. The first-order valence-corrected chi connectivity index (χ1v) is 6.81. The van der Waals surface area contributed by atoms with Crippen LogP contribution in [0.25, 0.3) is 0 Å². The lowest BCUT2D eigenvalue weighted by Gasteiger charge is -2.20. The van der Waals surface area contributed by atoms with Crippen molar-refractivity contribution >= 4 is 17.5 Å². The number of nitrogens with one attached hydrogen (secondary N) is 1. The van der Waals surface area contributed by atoms with E-state index in [4.69, 9.17) is 10.5 Å². The van der Waals surface area contributed by atoms with Crippen LogP contribution in [0.4, 0.5) is 11.5 Å². The van der Waals surface area contributed by atoms with Gasteiger partial charge in [-0.3, -0.25) is 0 Å². The fourth-order valence-electron chi connectivity index (χ4n) is 2.52. The lowest BCUT2D eigenvalue weighted by atomic mass is 10.1. The van der Waals surface area contributed by atoms with Crippen molar-refractivity contribution in [3.8, 4) is 0 Å². The maximum atomic E-state index is 11.9. The topological polar surface area (TPSA) is 77.2 Å². The number of hydrogen-bond acceptors (Lipinski definition) is 5. The van der Waals surface area contributed by atoms with Crippen LogP contribution in [0.5, 0.6) is 0 Å². The second-order valence-electron chi connectivity index (χ2n) is 5.03. The first kappa shape index (κ1) is 13.6. The monoisotopic (exact) mass is 263 g/mol. The van der Waals surface area contributed by atoms with Crippen molar-refractivity contribution < 1.29 is 9.53 Å². The Bertz CT molecular complexity index is 462. The molecule has 1 aliphatic rings. The predicted octanol–water partition coefficient (Wildman–Crippen LogP) is 2.44. The van der Waals surface area contributed by atoms with Gasteiger partial charge in [-0.25, -0.2) is 9.78 Å². The Labute approximate surface area is 113 Å². The number of anilines is 2. The molecule has 2 unspecified atom stereocenters. The van der Waals surface area contributed by atoms with Crippen molar-refractivity contribution in [3.05, 3.63) is 17.8 Å². The summed E-state index contributed by atoms with van der Waals surface area (Å²) in [5.74, 6) is 0.574. The summed E-state index contributed by atoms with van der Waals surface area (Å²) in [6, 6.07) is 1.96. The van der Waals surface area contributed by atoms with E-state index in [0.717, 1.165) is 6.42 Å². The number of esters is 1. The third kappa shape index (κ3) is 3.16. The average molecular weight is 263 g/mol. The van der Waals surface area contributed by atoms with Gasteiger partial charge in [-0.1, -0.05) is 13.3 Å². The zero-order valence-corrected chi connectivity index (χ0v) is 11.5. The standard InChI is InChI=1S/C14H21N3O2/c1-3-19-14(18)10-7-13(15)16-8-12(10)17-11-6-4-5-9(11)2/h7-9,11,17H,3-6H2,1-2H3,(H2,15,16). The molecule has 104 valence electrons. The predicted molar refractivity (Wildman–Crippen MR) is 75.0 cm³/mol. The molecule has 0 aliphatic heterocycles. The van der Waals surface area contributed by atoms with Gasteiger partial charge in [0.1, 0.15) is 5.82 Å². The Morgan fingerprint density at radius 1 is 1.58 bits per heavy atom. The summed E-state index contributed by atoms with van der Waals surface area (Å²) in [5.41, 5.74) is 6.83. The minimum atomic E-state index is -0.357. The zero-order valence-electron chi connectivity index (χ0n) is 11.5. The number of pyridine rings is 1. The SMILES string of the molecule is CCOC(=O)c1cc(N)ncc1NC1CCCC1C. The lowest BCUT2D eigenvalue weighted by molar-refractivity contribution is 0.0527. The molecule has 2 atom stereocenters. The lowest BCUT2D eigenvalue weighted by Crippen LogP contribution is -2.23. The number of nitrogen functional groups attached to an aromatic ring is 1. The van der Waals surface area contributed by atoms with Crippen LogP contribution in [0.3, 0.4) is 0 Å². The molecule has 1 fully saturated rings. The Morgan fingerprint density at radius 3 is 3.00 bits per heavy atom. The Hall–Kier alpha value is -1.78. The van der Waals surface area contributed by atoms with Crippen LogP contribution >= 0.6 is 0 Å². The molecule has 0 aromatic carbocycles. The third-order valence-electron chi connectivity index (χ3n) is 3.62. The highest BCUT2D eigenvalue weighted by Gasteiger charge is 2.25. The molecule has 2 rings (SSSR count). The normalized spacial score (nSPS) is 22.2. The summed E-state index contributed by atoms with van der Waals surface area (Å²) in [6.45, 7) is 4.36. The number of nitrogens with zero attached hydrogens (tertiary/aromatic N) is 1. The van der Waals surface area contributed by atoms with Crippen LogP contribution < -0.4 is 11.1 Å². The number of nitrogens with two attached hydrogens (primary N) is 1. The average Bonchev–Trinajstić information content (AvgIpc) is 2.77. The van der Waals surface area contributed by atoms with E-state index in [9.17, 15) is 4.79 Å². The Kier molecular flexibility index (Phi) is 4.24. The van der Waals surface area contributed by atoms with E-state index in [2.05, 4.69) is 17.2 Å². The third-order valence-corrected chi connectivity index (χ3v) is 3.62. The van der Waals surface area contributed by atoms with Gasteiger partial charge in [0.2, 0.25) is 0 Å². The van der Waals surface area contributed by atoms with Crippen LogP contribution in [0.2, 0.25) is 0 Å². The summed E-state index contributed by atoms with van der Waals surface area (Å²) in [7, 11) is 0. The second-order valence-corrected chi connectivity index (χ2v) is 5.03. The highest BCUT2D eigenvalue weighted by atomic mass is 16.5. The molecule has 3 N–H and O–H groups in total. The van der Waals surface area contributed by atoms with Gasteiger partial charge in [0, 0.05) is 6.04 Å².